The molecule has 14 atom stereocenters. The first-order valence-corrected chi connectivity index (χ1v) is 12.5. The molecule has 6 nitrogen and oxygen atoms in total. The van der Waals surface area contributed by atoms with Crippen molar-refractivity contribution < 1.29 is 28.5 Å². The van der Waals surface area contributed by atoms with Crippen LogP contribution in [0.15, 0.2) is 25.3 Å². The second kappa shape index (κ2) is 6.92. The third-order valence-electron chi connectivity index (χ3n) is 10.2. The Hall–Kier alpha value is -1.66. The highest BCUT2D eigenvalue weighted by atomic mass is 16.6. The molecule has 2 saturated heterocycles. The highest BCUT2D eigenvalue weighted by Crippen LogP contribution is 2.65. The van der Waals surface area contributed by atoms with Crippen molar-refractivity contribution in [2.45, 2.75) is 75.1 Å². The molecule has 6 saturated carbocycles. The molecule has 0 aromatic rings. The second-order valence-corrected chi connectivity index (χ2v) is 11.4. The summed E-state index contributed by atoms with van der Waals surface area (Å²) in [6, 6.07) is 0. The Bertz CT molecular complexity index is 868. The van der Waals surface area contributed by atoms with E-state index < -0.39 is 0 Å². The fourth-order valence-corrected chi connectivity index (χ4v) is 9.18. The molecular formula is C26H32O6. The maximum atomic E-state index is 11.3. The quantitative estimate of drug-likeness (QED) is 0.380. The molecule has 4 bridgehead atoms. The molecule has 2 aliphatic heterocycles. The van der Waals surface area contributed by atoms with Crippen molar-refractivity contribution in [1.82, 2.24) is 0 Å². The van der Waals surface area contributed by atoms with Crippen LogP contribution in [0, 0.1) is 47.3 Å². The highest BCUT2D eigenvalue weighted by molar-refractivity contribution is 5.81. The third-order valence-corrected chi connectivity index (χ3v) is 10.2. The van der Waals surface area contributed by atoms with Crippen molar-refractivity contribution in [3.63, 3.8) is 0 Å². The minimum Gasteiger partial charge on any atom is -0.459 e. The number of hydrogen-bond donors (Lipinski definition) is 0. The van der Waals surface area contributed by atoms with Gasteiger partial charge < -0.3 is 18.9 Å². The average molecular weight is 441 g/mol. The van der Waals surface area contributed by atoms with Gasteiger partial charge in [-0.05, 0) is 80.0 Å². The molecule has 8 aliphatic rings. The first-order chi connectivity index (χ1) is 15.6. The van der Waals surface area contributed by atoms with Crippen LogP contribution in [0.5, 0.6) is 0 Å². The van der Waals surface area contributed by atoms with E-state index in [-0.39, 0.29) is 24.1 Å². The maximum Gasteiger partial charge on any atom is 0.330 e. The lowest BCUT2D eigenvalue weighted by atomic mass is 9.79. The fraction of sp³-hybridized carbons (Fsp3) is 0.769. The summed E-state index contributed by atoms with van der Waals surface area (Å²) < 4.78 is 22.2. The van der Waals surface area contributed by atoms with Crippen molar-refractivity contribution in [3.05, 3.63) is 25.3 Å². The van der Waals surface area contributed by atoms with E-state index in [2.05, 4.69) is 13.2 Å². The second-order valence-electron chi connectivity index (χ2n) is 11.4. The number of epoxide rings is 2. The first-order valence-electron chi connectivity index (χ1n) is 12.5. The zero-order valence-electron chi connectivity index (χ0n) is 18.3. The third kappa shape index (κ3) is 2.84. The highest BCUT2D eigenvalue weighted by Gasteiger charge is 2.68. The Morgan fingerprint density at radius 2 is 1.22 bits per heavy atom. The molecular weight excluding hydrogens is 408 g/mol. The van der Waals surface area contributed by atoms with Crippen molar-refractivity contribution in [3.8, 4) is 0 Å². The molecule has 0 N–H and O–H groups in total. The van der Waals surface area contributed by atoms with Crippen LogP contribution in [0.4, 0.5) is 0 Å². The van der Waals surface area contributed by atoms with E-state index in [9.17, 15) is 9.59 Å². The Labute approximate surface area is 188 Å². The number of carbonyl (C=O) groups is 2. The van der Waals surface area contributed by atoms with Gasteiger partial charge in [-0.2, -0.15) is 0 Å². The van der Waals surface area contributed by atoms with Crippen LogP contribution in [0.2, 0.25) is 0 Å². The van der Waals surface area contributed by atoms with E-state index in [1.807, 2.05) is 0 Å². The Balaban J connectivity index is 0.000000113. The minimum absolute atomic E-state index is 0.139. The van der Waals surface area contributed by atoms with Crippen LogP contribution < -0.4 is 0 Å². The van der Waals surface area contributed by atoms with Crippen LogP contribution in [-0.4, -0.2) is 48.6 Å². The molecule has 32 heavy (non-hydrogen) atoms. The zero-order chi connectivity index (χ0) is 21.7. The number of hydrogen-bond acceptors (Lipinski definition) is 6. The van der Waals surface area contributed by atoms with Gasteiger partial charge in [0, 0.05) is 18.1 Å². The van der Waals surface area contributed by atoms with E-state index in [1.165, 1.54) is 37.8 Å². The minimum atomic E-state index is -0.264. The summed E-state index contributed by atoms with van der Waals surface area (Å²) in [5.41, 5.74) is 0. The number of rotatable bonds is 4. The standard InChI is InChI=1S/2C13H16O3/c1-2-11(14)15-9-4-6-3-8(9)12-7(6)5-10-13(12)16-10;1-2-11(14)15-9-4-6-3-7(9)8-5-10-13(16-10)12(6)8/h2*2,6-10,12-13H,1,3-5H2. The molecule has 8 fully saturated rings. The molecule has 0 spiro atoms. The average Bonchev–Trinajstić information content (AvgIpc) is 3.30. The lowest BCUT2D eigenvalue weighted by Crippen LogP contribution is -2.34. The number of esters is 2. The SMILES string of the molecule is C=CC(=O)OC1CC2CC1C1C2CC2OC21.C=CC(=O)OC1CC2CC1C1CC3OC3C21. The first kappa shape index (κ1) is 19.8. The van der Waals surface area contributed by atoms with Crippen molar-refractivity contribution >= 4 is 11.9 Å². The van der Waals surface area contributed by atoms with Gasteiger partial charge >= 0.3 is 11.9 Å². The fourth-order valence-electron chi connectivity index (χ4n) is 9.18. The van der Waals surface area contributed by atoms with E-state index in [0.717, 1.165) is 42.4 Å². The number of ether oxygens (including phenoxy) is 4. The Morgan fingerprint density at radius 3 is 1.91 bits per heavy atom. The van der Waals surface area contributed by atoms with Crippen LogP contribution in [0.3, 0.4) is 0 Å². The van der Waals surface area contributed by atoms with Gasteiger partial charge in [-0.25, -0.2) is 9.59 Å². The lowest BCUT2D eigenvalue weighted by molar-refractivity contribution is -0.148. The molecule has 2 heterocycles. The van der Waals surface area contributed by atoms with Crippen molar-refractivity contribution in [1.29, 1.82) is 0 Å². The predicted octanol–water partition coefficient (Wildman–Crippen LogP) is 3.06. The topological polar surface area (TPSA) is 77.7 Å². The van der Waals surface area contributed by atoms with E-state index >= 15 is 0 Å². The summed E-state index contributed by atoms with van der Waals surface area (Å²) in [5, 5.41) is 0. The largest absolute Gasteiger partial charge is 0.459 e. The summed E-state index contributed by atoms with van der Waals surface area (Å²) in [6.45, 7) is 6.91. The molecule has 0 aromatic heterocycles. The molecule has 6 heteroatoms. The molecule has 172 valence electrons. The Morgan fingerprint density at radius 1 is 0.656 bits per heavy atom. The summed E-state index contributed by atoms with van der Waals surface area (Å²) in [4.78, 5) is 22.5. The van der Waals surface area contributed by atoms with Crippen LogP contribution >= 0.6 is 0 Å². The van der Waals surface area contributed by atoms with Crippen LogP contribution in [-0.2, 0) is 28.5 Å². The summed E-state index contributed by atoms with van der Waals surface area (Å²) >= 11 is 0. The van der Waals surface area contributed by atoms with Gasteiger partial charge in [0.25, 0.3) is 0 Å². The molecule has 0 aromatic carbocycles. The van der Waals surface area contributed by atoms with Crippen molar-refractivity contribution in [2.24, 2.45) is 47.3 Å². The zero-order valence-corrected chi connectivity index (χ0v) is 18.3. The number of carbonyl (C=O) groups excluding carboxylic acids is 2. The summed E-state index contributed by atoms with van der Waals surface area (Å²) in [5.74, 6) is 5.29. The van der Waals surface area contributed by atoms with E-state index in [0.29, 0.717) is 42.2 Å². The van der Waals surface area contributed by atoms with Gasteiger partial charge in [0.1, 0.15) is 12.2 Å². The van der Waals surface area contributed by atoms with E-state index in [4.69, 9.17) is 18.9 Å². The van der Waals surface area contributed by atoms with Gasteiger partial charge in [-0.15, -0.1) is 0 Å². The Kier molecular flexibility index (Phi) is 4.28. The van der Waals surface area contributed by atoms with E-state index in [1.54, 1.807) is 0 Å². The smallest absolute Gasteiger partial charge is 0.330 e. The van der Waals surface area contributed by atoms with Gasteiger partial charge in [-0.1, -0.05) is 13.2 Å². The van der Waals surface area contributed by atoms with Gasteiger partial charge in [-0.3, -0.25) is 0 Å². The number of fused-ring (bicyclic) bond motifs is 14. The maximum absolute atomic E-state index is 11.3. The predicted molar refractivity (Wildman–Crippen MR) is 113 cm³/mol. The van der Waals surface area contributed by atoms with Gasteiger partial charge in [0.2, 0.25) is 0 Å². The molecule has 14 unspecified atom stereocenters. The van der Waals surface area contributed by atoms with Gasteiger partial charge in [0.05, 0.1) is 24.4 Å². The molecule has 0 radical (unpaired) electrons. The van der Waals surface area contributed by atoms with Crippen LogP contribution in [0.25, 0.3) is 0 Å². The molecule has 6 aliphatic carbocycles. The lowest BCUT2D eigenvalue weighted by Gasteiger charge is -2.32. The molecule has 0 amide bonds. The van der Waals surface area contributed by atoms with Crippen molar-refractivity contribution in [2.75, 3.05) is 0 Å². The summed E-state index contributed by atoms with van der Waals surface area (Å²) in [7, 11) is 0. The normalized spacial score (nSPS) is 55.6. The van der Waals surface area contributed by atoms with Crippen LogP contribution in [0.1, 0.15) is 38.5 Å². The molecule has 8 rings (SSSR count). The summed E-state index contributed by atoms with van der Waals surface area (Å²) in [6.07, 6.45) is 12.1. The van der Waals surface area contributed by atoms with Gasteiger partial charge in [0.15, 0.2) is 0 Å². The monoisotopic (exact) mass is 440 g/mol.